The highest BCUT2D eigenvalue weighted by Gasteiger charge is 2.22. The van der Waals surface area contributed by atoms with Gasteiger partial charge in [0.05, 0.1) is 16.8 Å². The molecule has 0 spiro atoms. The maximum Gasteiger partial charge on any atom is 0.242 e. The summed E-state index contributed by atoms with van der Waals surface area (Å²) < 4.78 is 63.6. The molecule has 0 aliphatic heterocycles. The zero-order valence-electron chi connectivity index (χ0n) is 17.6. The Morgan fingerprint density at radius 3 is 2.06 bits per heavy atom. The topological polar surface area (TPSA) is 104 Å². The fraction of sp³-hybridized carbons (Fsp3) is 0.350. The molecule has 0 radical (unpaired) electrons. The fourth-order valence-corrected chi connectivity index (χ4v) is 4.51. The minimum atomic E-state index is -3.78. The molecule has 2 aromatic rings. The molecular formula is C20H26FN3O5S2. The number of benzene rings is 2. The molecule has 0 atom stereocenters. The molecule has 0 unspecified atom stereocenters. The highest BCUT2D eigenvalue weighted by atomic mass is 32.2. The van der Waals surface area contributed by atoms with Crippen LogP contribution in [0, 0.1) is 5.82 Å². The van der Waals surface area contributed by atoms with Crippen LogP contribution in [0.3, 0.4) is 0 Å². The van der Waals surface area contributed by atoms with Crippen molar-refractivity contribution >= 4 is 31.6 Å². The van der Waals surface area contributed by atoms with Crippen LogP contribution in [0.2, 0.25) is 0 Å². The summed E-state index contributed by atoms with van der Waals surface area (Å²) in [5, 5.41) is 2.67. The Balaban J connectivity index is 2.00. The molecule has 31 heavy (non-hydrogen) atoms. The van der Waals surface area contributed by atoms with Crippen LogP contribution in [0.25, 0.3) is 0 Å². The molecule has 1 amide bonds. The Hall–Kier alpha value is -2.50. The summed E-state index contributed by atoms with van der Waals surface area (Å²) in [6.07, 6.45) is 2.21. The Kier molecular flexibility index (Phi) is 8.15. The number of hydrogen-bond acceptors (Lipinski definition) is 5. The van der Waals surface area contributed by atoms with E-state index < -0.39 is 32.5 Å². The lowest BCUT2D eigenvalue weighted by molar-refractivity contribution is -0.119. The average molecular weight is 472 g/mol. The highest BCUT2D eigenvalue weighted by molar-refractivity contribution is 7.92. The van der Waals surface area contributed by atoms with E-state index in [1.54, 1.807) is 12.1 Å². The number of halogens is 1. The summed E-state index contributed by atoms with van der Waals surface area (Å²) in [6, 6.07) is 11.4. The van der Waals surface area contributed by atoms with Gasteiger partial charge in [0, 0.05) is 20.6 Å². The van der Waals surface area contributed by atoms with Gasteiger partial charge < -0.3 is 5.32 Å². The number of aryl methyl sites for hydroxylation is 1. The predicted molar refractivity (Wildman–Crippen MR) is 117 cm³/mol. The number of nitrogens with zero attached hydrogens (tertiary/aromatic N) is 2. The number of hydrogen-bond donors (Lipinski definition) is 1. The van der Waals surface area contributed by atoms with Crippen molar-refractivity contribution in [1.29, 1.82) is 0 Å². The Morgan fingerprint density at radius 2 is 1.55 bits per heavy atom. The van der Waals surface area contributed by atoms with Gasteiger partial charge in [-0.3, -0.25) is 9.10 Å². The third-order valence-electron chi connectivity index (χ3n) is 4.47. The standard InChI is InChI=1S/C20H26FN3O5S2/c1-23(2)31(28,29)19-12-10-18(11-13-19)24(30(3,26)27)15-20(25)22-14-4-5-16-6-8-17(21)9-7-16/h6-13H,4-5,14-15H2,1-3H3,(H,22,25). The first-order valence-electron chi connectivity index (χ1n) is 9.42. The lowest BCUT2D eigenvalue weighted by atomic mass is 10.1. The van der Waals surface area contributed by atoms with Crippen LogP contribution < -0.4 is 9.62 Å². The normalized spacial score (nSPS) is 12.0. The van der Waals surface area contributed by atoms with E-state index >= 15 is 0 Å². The van der Waals surface area contributed by atoms with E-state index in [2.05, 4.69) is 5.32 Å². The molecular weight excluding hydrogens is 445 g/mol. The molecule has 0 saturated heterocycles. The fourth-order valence-electron chi connectivity index (χ4n) is 2.75. The smallest absolute Gasteiger partial charge is 0.242 e. The third-order valence-corrected chi connectivity index (χ3v) is 7.44. The van der Waals surface area contributed by atoms with Crippen molar-refractivity contribution in [3.8, 4) is 0 Å². The Bertz CT molecular complexity index is 1100. The van der Waals surface area contributed by atoms with E-state index in [4.69, 9.17) is 0 Å². The summed E-state index contributed by atoms with van der Waals surface area (Å²) in [5.41, 5.74) is 1.11. The number of anilines is 1. The summed E-state index contributed by atoms with van der Waals surface area (Å²) in [7, 11) is -4.64. The highest BCUT2D eigenvalue weighted by Crippen LogP contribution is 2.21. The van der Waals surface area contributed by atoms with E-state index in [-0.39, 0.29) is 16.4 Å². The second-order valence-electron chi connectivity index (χ2n) is 7.13. The van der Waals surface area contributed by atoms with Gasteiger partial charge in [0.15, 0.2) is 0 Å². The van der Waals surface area contributed by atoms with Gasteiger partial charge in [-0.15, -0.1) is 0 Å². The molecule has 0 aliphatic rings. The molecule has 11 heteroatoms. The van der Waals surface area contributed by atoms with Crippen molar-refractivity contribution in [3.05, 3.63) is 59.9 Å². The second kappa shape index (κ2) is 10.2. The van der Waals surface area contributed by atoms with Crippen molar-refractivity contribution < 1.29 is 26.0 Å². The molecule has 2 rings (SSSR count). The molecule has 0 aliphatic carbocycles. The molecule has 0 saturated carbocycles. The van der Waals surface area contributed by atoms with Crippen LogP contribution in [-0.4, -0.2) is 60.5 Å². The number of carbonyl (C=O) groups is 1. The molecule has 0 fully saturated rings. The molecule has 0 bridgehead atoms. The van der Waals surface area contributed by atoms with Gasteiger partial charge in [0.2, 0.25) is 26.0 Å². The number of rotatable bonds is 10. The molecule has 2 aromatic carbocycles. The van der Waals surface area contributed by atoms with E-state index in [0.29, 0.717) is 19.4 Å². The van der Waals surface area contributed by atoms with Crippen molar-refractivity contribution in [3.63, 3.8) is 0 Å². The average Bonchev–Trinajstić information content (AvgIpc) is 2.70. The van der Waals surface area contributed by atoms with E-state index in [1.165, 1.54) is 50.5 Å². The molecule has 170 valence electrons. The maximum absolute atomic E-state index is 12.9. The number of sulfonamides is 2. The second-order valence-corrected chi connectivity index (χ2v) is 11.2. The molecule has 8 nitrogen and oxygen atoms in total. The monoisotopic (exact) mass is 471 g/mol. The number of carbonyl (C=O) groups excluding carboxylic acids is 1. The van der Waals surface area contributed by atoms with Gasteiger partial charge in [-0.25, -0.2) is 25.5 Å². The first-order valence-corrected chi connectivity index (χ1v) is 12.7. The number of nitrogens with one attached hydrogen (secondary N) is 1. The number of amides is 1. The zero-order valence-corrected chi connectivity index (χ0v) is 19.2. The quantitative estimate of drug-likeness (QED) is 0.530. The van der Waals surface area contributed by atoms with Gasteiger partial charge in [0.25, 0.3) is 0 Å². The predicted octanol–water partition coefficient (Wildman–Crippen LogP) is 1.59. The lowest BCUT2D eigenvalue weighted by Crippen LogP contribution is -2.40. The maximum atomic E-state index is 12.9. The van der Waals surface area contributed by atoms with Gasteiger partial charge in [-0.2, -0.15) is 0 Å². The summed E-state index contributed by atoms with van der Waals surface area (Å²) in [4.78, 5) is 12.3. The molecule has 0 heterocycles. The molecule has 0 aromatic heterocycles. The van der Waals surface area contributed by atoms with E-state index in [1.807, 2.05) is 0 Å². The largest absolute Gasteiger partial charge is 0.355 e. The molecule has 1 N–H and O–H groups in total. The Morgan fingerprint density at radius 1 is 0.968 bits per heavy atom. The van der Waals surface area contributed by atoms with E-state index in [0.717, 1.165) is 20.4 Å². The van der Waals surface area contributed by atoms with Crippen LogP contribution in [0.15, 0.2) is 53.4 Å². The summed E-state index contributed by atoms with van der Waals surface area (Å²) in [5.74, 6) is -0.806. The van der Waals surface area contributed by atoms with Crippen LogP contribution in [0.4, 0.5) is 10.1 Å². The van der Waals surface area contributed by atoms with Crippen LogP contribution in [0.1, 0.15) is 12.0 Å². The van der Waals surface area contributed by atoms with Crippen molar-refractivity contribution in [2.24, 2.45) is 0 Å². The first kappa shape index (κ1) is 24.8. The van der Waals surface area contributed by atoms with Crippen molar-refractivity contribution in [2.45, 2.75) is 17.7 Å². The van der Waals surface area contributed by atoms with Crippen LogP contribution in [0.5, 0.6) is 0 Å². The zero-order chi connectivity index (χ0) is 23.2. The van der Waals surface area contributed by atoms with Crippen molar-refractivity contribution in [1.82, 2.24) is 9.62 Å². The van der Waals surface area contributed by atoms with Crippen LogP contribution >= 0.6 is 0 Å². The third kappa shape index (κ3) is 7.01. The van der Waals surface area contributed by atoms with Gasteiger partial charge in [0.1, 0.15) is 12.4 Å². The van der Waals surface area contributed by atoms with Gasteiger partial charge in [-0.05, 0) is 54.8 Å². The SMILES string of the molecule is CN(C)S(=O)(=O)c1ccc(N(CC(=O)NCCCc2ccc(F)cc2)S(C)(=O)=O)cc1. The van der Waals surface area contributed by atoms with Gasteiger partial charge >= 0.3 is 0 Å². The first-order chi connectivity index (χ1) is 14.4. The minimum absolute atomic E-state index is 0.0138. The summed E-state index contributed by atoms with van der Waals surface area (Å²) >= 11 is 0. The minimum Gasteiger partial charge on any atom is -0.355 e. The Labute approximate surface area is 182 Å². The summed E-state index contributed by atoms with van der Waals surface area (Å²) in [6.45, 7) is -0.108. The van der Waals surface area contributed by atoms with E-state index in [9.17, 15) is 26.0 Å². The van der Waals surface area contributed by atoms with Crippen molar-refractivity contribution in [2.75, 3.05) is 37.7 Å². The van der Waals surface area contributed by atoms with Crippen LogP contribution in [-0.2, 0) is 31.3 Å². The lowest BCUT2D eigenvalue weighted by Gasteiger charge is -2.22. The van der Waals surface area contributed by atoms with Gasteiger partial charge in [-0.1, -0.05) is 12.1 Å².